The van der Waals surface area contributed by atoms with Gasteiger partial charge >= 0.3 is 38.1 Å². The first-order chi connectivity index (χ1) is 6.07. The molecule has 0 saturated carbocycles. The molecule has 0 saturated heterocycles. The van der Waals surface area contributed by atoms with Crippen LogP contribution in [0.2, 0.25) is 0 Å². The van der Waals surface area contributed by atoms with Gasteiger partial charge in [-0.2, -0.15) is 0 Å². The van der Waals surface area contributed by atoms with E-state index in [1.165, 1.54) is 0 Å². The molecular formula is C5H10BLiO7. The minimum absolute atomic E-state index is 0. The zero-order chi connectivity index (χ0) is 10.3. The van der Waals surface area contributed by atoms with E-state index in [9.17, 15) is 9.59 Å². The summed E-state index contributed by atoms with van der Waals surface area (Å²) in [6.07, 6.45) is 0. The number of carbonyl (C=O) groups excluding carboxylic acids is 2. The molecule has 0 heterocycles. The van der Waals surface area contributed by atoms with Crippen LogP contribution < -0.4 is 18.9 Å². The Kier molecular flexibility index (Phi) is 10.3. The fourth-order valence-corrected chi connectivity index (χ4v) is 0.381. The van der Waals surface area contributed by atoms with Crippen LogP contribution in [0.25, 0.3) is 0 Å². The molecule has 0 radical (unpaired) electrons. The Bertz CT molecular complexity index is 190. The molecule has 0 aromatic heterocycles. The molecule has 0 rings (SSSR count). The van der Waals surface area contributed by atoms with Crippen LogP contribution >= 0.6 is 0 Å². The van der Waals surface area contributed by atoms with E-state index in [4.69, 9.17) is 10.0 Å². The van der Waals surface area contributed by atoms with E-state index in [2.05, 4.69) is 14.1 Å². The predicted octanol–water partition coefficient (Wildman–Crippen LogP) is -4.85. The fraction of sp³-hybridized carbons (Fsp3) is 0.600. The van der Waals surface area contributed by atoms with Crippen molar-refractivity contribution in [2.75, 3.05) is 13.4 Å². The second-order valence-electron chi connectivity index (χ2n) is 1.77. The Labute approximate surface area is 94.2 Å². The largest absolute Gasteiger partial charge is 1.00 e. The van der Waals surface area contributed by atoms with Gasteiger partial charge in [-0.1, -0.05) is 0 Å². The molecular weight excluding hydrogens is 190 g/mol. The van der Waals surface area contributed by atoms with Crippen molar-refractivity contribution >= 4 is 19.3 Å². The summed E-state index contributed by atoms with van der Waals surface area (Å²) >= 11 is 0. The van der Waals surface area contributed by atoms with Gasteiger partial charge in [-0.05, 0) is 6.92 Å². The molecule has 0 fully saturated rings. The summed E-state index contributed by atoms with van der Waals surface area (Å²) in [6, 6.07) is 0. The maximum absolute atomic E-state index is 10.6. The van der Waals surface area contributed by atoms with Crippen molar-refractivity contribution in [3.63, 3.8) is 0 Å². The Morgan fingerprint density at radius 1 is 1.36 bits per heavy atom. The molecule has 0 amide bonds. The summed E-state index contributed by atoms with van der Waals surface area (Å²) in [5, 5.41) is 16.2. The first kappa shape index (κ1) is 15.9. The van der Waals surface area contributed by atoms with Crippen molar-refractivity contribution in [2.24, 2.45) is 0 Å². The van der Waals surface area contributed by atoms with Gasteiger partial charge in [0, 0.05) is 6.61 Å². The molecule has 7 nitrogen and oxygen atoms in total. The first-order valence-electron chi connectivity index (χ1n) is 3.39. The quantitative estimate of drug-likeness (QED) is 0.154. The van der Waals surface area contributed by atoms with Crippen LogP contribution in [0.3, 0.4) is 0 Å². The zero-order valence-corrected chi connectivity index (χ0v) is 7.93. The Hall–Kier alpha value is -0.518. The van der Waals surface area contributed by atoms with Gasteiger partial charge in [0.15, 0.2) is 6.79 Å². The van der Waals surface area contributed by atoms with Crippen molar-refractivity contribution < 1.29 is 54.1 Å². The molecule has 0 aromatic carbocycles. The molecule has 14 heavy (non-hydrogen) atoms. The van der Waals surface area contributed by atoms with E-state index in [1.54, 1.807) is 6.92 Å². The SMILES string of the molecule is CCOCOC(=O)C(=O)OB(O)O.[H-].[Li+]. The Morgan fingerprint density at radius 2 is 1.93 bits per heavy atom. The Morgan fingerprint density at radius 3 is 2.36 bits per heavy atom. The van der Waals surface area contributed by atoms with E-state index in [1.807, 2.05) is 0 Å². The second-order valence-corrected chi connectivity index (χ2v) is 1.77. The number of rotatable bonds is 4. The van der Waals surface area contributed by atoms with Gasteiger partial charge in [0.05, 0.1) is 0 Å². The summed E-state index contributed by atoms with van der Waals surface area (Å²) in [4.78, 5) is 21.0. The average molecular weight is 200 g/mol. The van der Waals surface area contributed by atoms with Gasteiger partial charge in [-0.25, -0.2) is 9.59 Å². The van der Waals surface area contributed by atoms with Crippen LogP contribution in [0.5, 0.6) is 0 Å². The van der Waals surface area contributed by atoms with Crippen LogP contribution in [0, 0.1) is 0 Å². The minimum Gasteiger partial charge on any atom is -1.00 e. The van der Waals surface area contributed by atoms with E-state index in [0.717, 1.165) is 0 Å². The molecule has 0 aliphatic rings. The smallest absolute Gasteiger partial charge is 1.00 e. The van der Waals surface area contributed by atoms with Crippen molar-refractivity contribution in [2.45, 2.75) is 6.92 Å². The van der Waals surface area contributed by atoms with Crippen LogP contribution in [0.15, 0.2) is 0 Å². The van der Waals surface area contributed by atoms with Gasteiger partial charge < -0.3 is 25.6 Å². The van der Waals surface area contributed by atoms with Crippen molar-refractivity contribution in [3.05, 3.63) is 0 Å². The molecule has 0 unspecified atom stereocenters. The molecule has 76 valence electrons. The summed E-state index contributed by atoms with van der Waals surface area (Å²) in [7, 11) is -2.33. The monoisotopic (exact) mass is 200 g/mol. The molecule has 0 aromatic rings. The van der Waals surface area contributed by atoms with Crippen molar-refractivity contribution in [1.82, 2.24) is 0 Å². The maximum atomic E-state index is 10.6. The number of carbonyl (C=O) groups is 2. The maximum Gasteiger partial charge on any atom is 1.00 e. The normalized spacial score (nSPS) is 8.50. The van der Waals surface area contributed by atoms with Gasteiger partial charge in [0.25, 0.3) is 0 Å². The number of hydrogen-bond acceptors (Lipinski definition) is 7. The van der Waals surface area contributed by atoms with Crippen molar-refractivity contribution in [3.8, 4) is 0 Å². The summed E-state index contributed by atoms with van der Waals surface area (Å²) in [6.45, 7) is 1.61. The minimum atomic E-state index is -2.33. The van der Waals surface area contributed by atoms with Gasteiger partial charge in [-0.3, -0.25) is 0 Å². The van der Waals surface area contributed by atoms with E-state index in [-0.39, 0.29) is 27.1 Å². The van der Waals surface area contributed by atoms with Crippen molar-refractivity contribution in [1.29, 1.82) is 0 Å². The third-order valence-corrected chi connectivity index (χ3v) is 0.857. The first-order valence-corrected chi connectivity index (χ1v) is 3.39. The standard InChI is InChI=1S/C5H9BO7.Li.H/c1-2-11-3-12-4(7)5(8)13-6(9)10;;/h9-10H,2-3H2,1H3;;/q;+1;-1. The Balaban J connectivity index is -0.000000720. The van der Waals surface area contributed by atoms with Gasteiger partial charge in [0.1, 0.15) is 0 Å². The molecule has 2 N–H and O–H groups in total. The van der Waals surface area contributed by atoms with Gasteiger partial charge in [0.2, 0.25) is 0 Å². The zero-order valence-electron chi connectivity index (χ0n) is 8.93. The summed E-state index contributed by atoms with van der Waals surface area (Å²) in [5.74, 6) is -2.84. The topological polar surface area (TPSA) is 102 Å². The van der Waals surface area contributed by atoms with Crippen LogP contribution in [0.1, 0.15) is 8.35 Å². The van der Waals surface area contributed by atoms with Crippen LogP contribution in [0.4, 0.5) is 0 Å². The molecule has 0 aliphatic carbocycles. The summed E-state index contributed by atoms with van der Waals surface area (Å²) in [5.41, 5.74) is 0. The molecule has 0 spiro atoms. The fourth-order valence-electron chi connectivity index (χ4n) is 0.381. The van der Waals surface area contributed by atoms with Crippen LogP contribution in [-0.2, 0) is 23.7 Å². The third kappa shape index (κ3) is 8.10. The third-order valence-electron chi connectivity index (χ3n) is 0.857. The van der Waals surface area contributed by atoms with Crippen LogP contribution in [-0.4, -0.2) is 42.7 Å². The van der Waals surface area contributed by atoms with E-state index < -0.39 is 19.3 Å². The predicted molar refractivity (Wildman–Crippen MR) is 40.0 cm³/mol. The van der Waals surface area contributed by atoms with E-state index >= 15 is 0 Å². The number of ether oxygens (including phenoxy) is 2. The average Bonchev–Trinajstić information content (AvgIpc) is 2.03. The molecule has 0 aliphatic heterocycles. The van der Waals surface area contributed by atoms with E-state index in [0.29, 0.717) is 6.61 Å². The number of hydrogen-bond donors (Lipinski definition) is 2. The second kappa shape index (κ2) is 9.05. The van der Waals surface area contributed by atoms with Gasteiger partial charge in [-0.15, -0.1) is 0 Å². The molecule has 9 heteroatoms. The molecule has 0 bridgehead atoms. The summed E-state index contributed by atoms with van der Waals surface area (Å²) < 4.78 is 12.5. The number of esters is 1. The molecule has 0 atom stereocenters.